The maximum Gasteiger partial charge on any atom is 0.231 e. The number of amides is 1. The molecule has 1 aliphatic heterocycles. The van der Waals surface area contributed by atoms with Crippen molar-refractivity contribution in [2.24, 2.45) is 0 Å². The van der Waals surface area contributed by atoms with Crippen LogP contribution in [0.3, 0.4) is 0 Å². The molecule has 2 N–H and O–H groups in total. The molecule has 1 atom stereocenters. The van der Waals surface area contributed by atoms with E-state index in [1.165, 1.54) is 0 Å². The quantitative estimate of drug-likeness (QED) is 0.879. The molecule has 1 aromatic rings. The number of carbonyl (C=O) groups excluding carboxylic acids is 1. The molecule has 1 saturated heterocycles. The van der Waals surface area contributed by atoms with E-state index in [0.29, 0.717) is 10.0 Å². The lowest BCUT2D eigenvalue weighted by Gasteiger charge is -2.27. The zero-order valence-corrected chi connectivity index (χ0v) is 14.0. The van der Waals surface area contributed by atoms with Crippen molar-refractivity contribution in [3.8, 4) is 0 Å². The van der Waals surface area contributed by atoms with Crippen molar-refractivity contribution < 1.29 is 4.79 Å². The van der Waals surface area contributed by atoms with Gasteiger partial charge in [0.15, 0.2) is 0 Å². The normalized spacial score (nSPS) is 23.0. The second kappa shape index (κ2) is 6.74. The van der Waals surface area contributed by atoms with Gasteiger partial charge in [0.05, 0.1) is 5.41 Å². The number of nitrogens with one attached hydrogen (secondary N) is 2. The van der Waals surface area contributed by atoms with E-state index in [-0.39, 0.29) is 24.4 Å². The van der Waals surface area contributed by atoms with Crippen LogP contribution in [0.5, 0.6) is 0 Å². The lowest BCUT2D eigenvalue weighted by Crippen LogP contribution is -2.48. The van der Waals surface area contributed by atoms with Crippen LogP contribution in [0.15, 0.2) is 18.2 Å². The highest BCUT2D eigenvalue weighted by molar-refractivity contribution is 6.36. The topological polar surface area (TPSA) is 41.1 Å². The molecule has 116 valence electrons. The highest BCUT2D eigenvalue weighted by atomic mass is 35.5. The molecule has 0 aromatic heterocycles. The highest BCUT2D eigenvalue weighted by Crippen LogP contribution is 2.53. The first-order valence-electron chi connectivity index (χ1n) is 7.10. The zero-order chi connectivity index (χ0) is 14.2. The van der Waals surface area contributed by atoms with E-state index in [1.54, 1.807) is 12.1 Å². The van der Waals surface area contributed by atoms with Crippen molar-refractivity contribution in [3.63, 3.8) is 0 Å². The van der Waals surface area contributed by atoms with Crippen molar-refractivity contribution in [1.82, 2.24) is 10.6 Å². The minimum absolute atomic E-state index is 0. The van der Waals surface area contributed by atoms with Crippen molar-refractivity contribution in [2.45, 2.75) is 37.1 Å². The Morgan fingerprint density at radius 3 is 2.48 bits per heavy atom. The molecule has 0 spiro atoms. The van der Waals surface area contributed by atoms with Crippen LogP contribution < -0.4 is 10.6 Å². The summed E-state index contributed by atoms with van der Waals surface area (Å²) in [6.07, 6.45) is 3.78. The number of hydrogen-bond acceptors (Lipinski definition) is 2. The van der Waals surface area contributed by atoms with Gasteiger partial charge in [-0.3, -0.25) is 4.79 Å². The molecule has 1 amide bonds. The van der Waals surface area contributed by atoms with E-state index in [1.807, 2.05) is 6.07 Å². The van der Waals surface area contributed by atoms with Crippen LogP contribution >= 0.6 is 35.6 Å². The molecular weight excluding hydrogens is 331 g/mol. The molecule has 1 heterocycles. The molecule has 2 aliphatic rings. The Balaban J connectivity index is 0.00000161. The first-order valence-corrected chi connectivity index (χ1v) is 7.85. The fraction of sp³-hybridized carbons (Fsp3) is 0.533. The zero-order valence-electron chi connectivity index (χ0n) is 11.6. The summed E-state index contributed by atoms with van der Waals surface area (Å²) in [6, 6.07) is 5.64. The molecule has 3 rings (SSSR count). The van der Waals surface area contributed by atoms with Gasteiger partial charge in [-0.2, -0.15) is 0 Å². The highest BCUT2D eigenvalue weighted by Gasteiger charge is 2.53. The molecule has 1 aromatic carbocycles. The summed E-state index contributed by atoms with van der Waals surface area (Å²) in [5, 5.41) is 7.64. The van der Waals surface area contributed by atoms with Crippen molar-refractivity contribution >= 4 is 41.5 Å². The average molecular weight is 350 g/mol. The van der Waals surface area contributed by atoms with Gasteiger partial charge in [-0.15, -0.1) is 12.4 Å². The molecule has 1 saturated carbocycles. The number of rotatable bonds is 3. The van der Waals surface area contributed by atoms with E-state index in [0.717, 1.165) is 44.3 Å². The van der Waals surface area contributed by atoms with Crippen LogP contribution in [0.4, 0.5) is 0 Å². The second-order valence-corrected chi connectivity index (χ2v) is 6.51. The Kier molecular flexibility index (Phi) is 5.42. The first kappa shape index (κ1) is 16.9. The molecule has 21 heavy (non-hydrogen) atoms. The molecule has 0 bridgehead atoms. The van der Waals surface area contributed by atoms with Gasteiger partial charge >= 0.3 is 0 Å². The number of piperidine rings is 1. The fourth-order valence-corrected chi connectivity index (χ4v) is 3.73. The molecule has 1 aliphatic carbocycles. The van der Waals surface area contributed by atoms with Gasteiger partial charge in [-0.05, 0) is 44.4 Å². The van der Waals surface area contributed by atoms with Gasteiger partial charge in [0, 0.05) is 28.2 Å². The summed E-state index contributed by atoms with van der Waals surface area (Å²) in [6.45, 7) is 1.88. The van der Waals surface area contributed by atoms with Crippen molar-refractivity contribution in [2.75, 3.05) is 13.1 Å². The molecule has 6 heteroatoms. The fourth-order valence-electron chi connectivity index (χ4n) is 2.97. The maximum absolute atomic E-state index is 12.6. The Morgan fingerprint density at radius 2 is 1.95 bits per heavy atom. The van der Waals surface area contributed by atoms with Gasteiger partial charge in [-0.1, -0.05) is 29.3 Å². The predicted octanol–water partition coefficient (Wildman–Crippen LogP) is 3.32. The summed E-state index contributed by atoms with van der Waals surface area (Å²) < 4.78 is 0. The average Bonchev–Trinajstić information content (AvgIpc) is 3.21. The van der Waals surface area contributed by atoms with Crippen LogP contribution in [0, 0.1) is 0 Å². The van der Waals surface area contributed by atoms with Gasteiger partial charge in [0.1, 0.15) is 0 Å². The lowest BCUT2D eigenvalue weighted by molar-refractivity contribution is -0.124. The van der Waals surface area contributed by atoms with Crippen LogP contribution in [0.25, 0.3) is 0 Å². The minimum atomic E-state index is -0.507. The van der Waals surface area contributed by atoms with Crippen LogP contribution in [0.2, 0.25) is 10.0 Å². The SMILES string of the molecule is Cl.O=C(N[C@H]1CCCNC1)C1(c2c(Cl)cccc2Cl)CC1. The molecule has 3 nitrogen and oxygen atoms in total. The predicted molar refractivity (Wildman–Crippen MR) is 88.7 cm³/mol. The van der Waals surface area contributed by atoms with Crippen LogP contribution in [0.1, 0.15) is 31.2 Å². The number of halogens is 3. The third-order valence-electron chi connectivity index (χ3n) is 4.26. The maximum atomic E-state index is 12.6. The standard InChI is InChI=1S/C15H18Cl2N2O.ClH/c16-11-4-1-5-12(17)13(11)15(6-7-15)14(20)19-10-3-2-8-18-9-10;/h1,4-5,10,18H,2-3,6-9H2,(H,19,20);1H/t10-;/m0./s1. The lowest BCUT2D eigenvalue weighted by atomic mass is 9.94. The van der Waals surface area contributed by atoms with Crippen LogP contribution in [-0.2, 0) is 10.2 Å². The first-order chi connectivity index (χ1) is 9.63. The second-order valence-electron chi connectivity index (χ2n) is 5.70. The third kappa shape index (κ3) is 3.31. The smallest absolute Gasteiger partial charge is 0.231 e. The Morgan fingerprint density at radius 1 is 1.29 bits per heavy atom. The molecule has 0 radical (unpaired) electrons. The summed E-state index contributed by atoms with van der Waals surface area (Å²) in [7, 11) is 0. The number of carbonyl (C=O) groups is 1. The van der Waals surface area contributed by atoms with E-state index in [2.05, 4.69) is 10.6 Å². The number of hydrogen-bond donors (Lipinski definition) is 2. The minimum Gasteiger partial charge on any atom is -0.351 e. The Labute approximate surface area is 141 Å². The van der Waals surface area contributed by atoms with E-state index < -0.39 is 5.41 Å². The summed E-state index contributed by atoms with van der Waals surface area (Å²) in [5.41, 5.74) is 0.289. The Bertz CT molecular complexity index is 505. The Hall–Kier alpha value is -0.480. The summed E-state index contributed by atoms with van der Waals surface area (Å²) in [4.78, 5) is 12.6. The summed E-state index contributed by atoms with van der Waals surface area (Å²) >= 11 is 12.5. The number of benzene rings is 1. The van der Waals surface area contributed by atoms with Crippen LogP contribution in [-0.4, -0.2) is 25.0 Å². The van der Waals surface area contributed by atoms with Gasteiger partial charge < -0.3 is 10.6 Å². The molecule has 0 unspecified atom stereocenters. The largest absolute Gasteiger partial charge is 0.351 e. The van der Waals surface area contributed by atoms with E-state index in [4.69, 9.17) is 23.2 Å². The van der Waals surface area contributed by atoms with Crippen molar-refractivity contribution in [1.29, 1.82) is 0 Å². The molecular formula is C15H19Cl3N2O. The third-order valence-corrected chi connectivity index (χ3v) is 4.89. The van der Waals surface area contributed by atoms with Crippen molar-refractivity contribution in [3.05, 3.63) is 33.8 Å². The summed E-state index contributed by atoms with van der Waals surface area (Å²) in [5.74, 6) is 0.0706. The van der Waals surface area contributed by atoms with Gasteiger partial charge in [0.2, 0.25) is 5.91 Å². The van der Waals surface area contributed by atoms with Gasteiger partial charge in [-0.25, -0.2) is 0 Å². The monoisotopic (exact) mass is 348 g/mol. The van der Waals surface area contributed by atoms with E-state index >= 15 is 0 Å². The molecule has 2 fully saturated rings. The van der Waals surface area contributed by atoms with Gasteiger partial charge in [0.25, 0.3) is 0 Å². The van der Waals surface area contributed by atoms with E-state index in [9.17, 15) is 4.79 Å².